The normalized spacial score (nSPS) is 12.1. The van der Waals surface area contributed by atoms with Crippen LogP contribution in [0, 0.1) is 5.92 Å². The van der Waals surface area contributed by atoms with Gasteiger partial charge in [-0.1, -0.05) is 30.1 Å². The van der Waals surface area contributed by atoms with E-state index in [4.69, 9.17) is 23.2 Å². The summed E-state index contributed by atoms with van der Waals surface area (Å²) in [7, 11) is 4.12. The molecule has 0 spiro atoms. The highest BCUT2D eigenvalue weighted by atomic mass is 35.5. The monoisotopic (exact) mass is 355 g/mol. The quantitative estimate of drug-likeness (QED) is 0.669. The summed E-state index contributed by atoms with van der Waals surface area (Å²) in [5.74, 6) is 2.13. The van der Waals surface area contributed by atoms with Gasteiger partial charge in [-0.3, -0.25) is 4.79 Å². The predicted molar refractivity (Wildman–Crippen MR) is 93.1 cm³/mol. The molecule has 0 saturated carbocycles. The second-order valence-corrected chi connectivity index (χ2v) is 6.78. The molecule has 0 aliphatic heterocycles. The molecule has 114 valence electrons. The molecular formula is C14H20Cl3NOS. The van der Waals surface area contributed by atoms with E-state index >= 15 is 0 Å². The number of carbonyl (C=O) groups excluding carboxylic acids is 1. The zero-order valence-electron chi connectivity index (χ0n) is 11.9. The van der Waals surface area contributed by atoms with Crippen LogP contribution in [-0.4, -0.2) is 42.8 Å². The number of halogens is 3. The third kappa shape index (κ3) is 7.19. The smallest absolute Gasteiger partial charge is 0.172 e. The summed E-state index contributed by atoms with van der Waals surface area (Å²) in [6.07, 6.45) is 0. The fraction of sp³-hybridized carbons (Fsp3) is 0.500. The predicted octanol–water partition coefficient (Wildman–Crippen LogP) is 4.53. The van der Waals surface area contributed by atoms with E-state index in [1.165, 1.54) is 0 Å². The number of rotatable bonds is 7. The van der Waals surface area contributed by atoms with Gasteiger partial charge in [0.15, 0.2) is 5.78 Å². The van der Waals surface area contributed by atoms with Crippen molar-refractivity contribution in [2.24, 2.45) is 5.92 Å². The molecule has 2 nitrogen and oxygen atoms in total. The van der Waals surface area contributed by atoms with Crippen molar-refractivity contribution in [1.29, 1.82) is 0 Å². The van der Waals surface area contributed by atoms with Crippen LogP contribution in [-0.2, 0) is 0 Å². The summed E-state index contributed by atoms with van der Waals surface area (Å²) in [6, 6.07) is 5.02. The molecule has 1 unspecified atom stereocenters. The van der Waals surface area contributed by atoms with Crippen LogP contribution < -0.4 is 0 Å². The Morgan fingerprint density at radius 1 is 1.30 bits per heavy atom. The molecular weight excluding hydrogens is 337 g/mol. The maximum atomic E-state index is 12.0. The minimum atomic E-state index is 0. The average molecular weight is 357 g/mol. The van der Waals surface area contributed by atoms with Crippen LogP contribution in [0.5, 0.6) is 0 Å². The van der Waals surface area contributed by atoms with Crippen molar-refractivity contribution in [3.8, 4) is 0 Å². The van der Waals surface area contributed by atoms with E-state index in [0.29, 0.717) is 27.3 Å². The lowest BCUT2D eigenvalue weighted by Crippen LogP contribution is -2.21. The molecule has 0 aliphatic carbocycles. The van der Waals surface area contributed by atoms with Crippen molar-refractivity contribution in [2.75, 3.05) is 32.1 Å². The van der Waals surface area contributed by atoms with Gasteiger partial charge in [-0.05, 0) is 44.0 Å². The van der Waals surface area contributed by atoms with Crippen molar-refractivity contribution in [3.05, 3.63) is 33.8 Å². The van der Waals surface area contributed by atoms with Crippen LogP contribution in [0.3, 0.4) is 0 Å². The summed E-state index contributed by atoms with van der Waals surface area (Å²) >= 11 is 13.4. The molecule has 0 fully saturated rings. The summed E-state index contributed by atoms with van der Waals surface area (Å²) < 4.78 is 0. The number of hydrogen-bond donors (Lipinski definition) is 0. The maximum absolute atomic E-state index is 12.0. The molecule has 0 amide bonds. The van der Waals surface area contributed by atoms with E-state index in [-0.39, 0.29) is 18.2 Å². The SMILES string of the molecule is CC(CSCC(=O)c1ccc(Cl)c(Cl)c1)CN(C)C.Cl. The number of benzene rings is 1. The summed E-state index contributed by atoms with van der Waals surface area (Å²) in [4.78, 5) is 14.1. The summed E-state index contributed by atoms with van der Waals surface area (Å²) in [6.45, 7) is 3.23. The van der Waals surface area contributed by atoms with Crippen LogP contribution in [0.2, 0.25) is 10.0 Å². The number of ketones is 1. The molecule has 20 heavy (non-hydrogen) atoms. The Balaban J connectivity index is 0.00000361. The van der Waals surface area contributed by atoms with Gasteiger partial charge in [0.05, 0.1) is 15.8 Å². The van der Waals surface area contributed by atoms with E-state index in [1.807, 2.05) is 0 Å². The number of Topliss-reactive ketones (excluding diaryl/α,β-unsaturated/α-hetero) is 1. The first kappa shape index (κ1) is 20.1. The molecule has 0 radical (unpaired) electrons. The molecule has 1 aromatic rings. The van der Waals surface area contributed by atoms with E-state index in [0.717, 1.165) is 12.3 Å². The van der Waals surface area contributed by atoms with Gasteiger partial charge < -0.3 is 4.90 Å². The van der Waals surface area contributed by atoms with E-state index in [1.54, 1.807) is 30.0 Å². The number of carbonyl (C=O) groups is 1. The Kier molecular flexibility index (Phi) is 9.94. The van der Waals surface area contributed by atoms with Crippen molar-refractivity contribution >= 4 is 53.2 Å². The van der Waals surface area contributed by atoms with Gasteiger partial charge in [0.1, 0.15) is 0 Å². The molecule has 1 aromatic carbocycles. The minimum Gasteiger partial charge on any atom is -0.309 e. The number of nitrogens with zero attached hydrogens (tertiary/aromatic N) is 1. The fourth-order valence-corrected chi connectivity index (χ4v) is 3.06. The first-order valence-electron chi connectivity index (χ1n) is 6.11. The van der Waals surface area contributed by atoms with Crippen molar-refractivity contribution in [1.82, 2.24) is 4.90 Å². The molecule has 0 heterocycles. The van der Waals surface area contributed by atoms with E-state index in [9.17, 15) is 4.79 Å². The summed E-state index contributed by atoms with van der Waals surface area (Å²) in [5, 5.41) is 0.906. The van der Waals surface area contributed by atoms with Crippen molar-refractivity contribution in [2.45, 2.75) is 6.92 Å². The van der Waals surface area contributed by atoms with Crippen LogP contribution >= 0.6 is 47.4 Å². The Morgan fingerprint density at radius 3 is 2.50 bits per heavy atom. The Morgan fingerprint density at radius 2 is 1.95 bits per heavy atom. The topological polar surface area (TPSA) is 20.3 Å². The lowest BCUT2D eigenvalue weighted by molar-refractivity contribution is 0.102. The third-order valence-corrected chi connectivity index (χ3v) is 4.56. The molecule has 1 atom stereocenters. The van der Waals surface area contributed by atoms with Gasteiger partial charge in [0.25, 0.3) is 0 Å². The Bertz CT molecular complexity index is 440. The van der Waals surface area contributed by atoms with E-state index in [2.05, 4.69) is 25.9 Å². The molecule has 0 aromatic heterocycles. The van der Waals surface area contributed by atoms with E-state index < -0.39 is 0 Å². The second kappa shape index (κ2) is 9.91. The third-order valence-electron chi connectivity index (χ3n) is 2.55. The number of hydrogen-bond acceptors (Lipinski definition) is 3. The summed E-state index contributed by atoms with van der Waals surface area (Å²) in [5.41, 5.74) is 0.627. The zero-order valence-corrected chi connectivity index (χ0v) is 15.0. The van der Waals surface area contributed by atoms with Gasteiger partial charge in [0.2, 0.25) is 0 Å². The highest BCUT2D eigenvalue weighted by Crippen LogP contribution is 2.23. The first-order chi connectivity index (χ1) is 8.90. The van der Waals surface area contributed by atoms with Gasteiger partial charge in [-0.25, -0.2) is 0 Å². The average Bonchev–Trinajstić information content (AvgIpc) is 2.31. The van der Waals surface area contributed by atoms with Crippen molar-refractivity contribution in [3.63, 3.8) is 0 Å². The minimum absolute atomic E-state index is 0. The Hall–Kier alpha value is 0.0700. The first-order valence-corrected chi connectivity index (χ1v) is 8.02. The van der Waals surface area contributed by atoms with Crippen molar-refractivity contribution < 1.29 is 4.79 Å². The molecule has 0 bridgehead atoms. The maximum Gasteiger partial charge on any atom is 0.172 e. The van der Waals surface area contributed by atoms with Gasteiger partial charge >= 0.3 is 0 Å². The lowest BCUT2D eigenvalue weighted by Gasteiger charge is -2.16. The molecule has 6 heteroatoms. The second-order valence-electron chi connectivity index (χ2n) is 4.93. The van der Waals surface area contributed by atoms with Crippen LogP contribution in [0.4, 0.5) is 0 Å². The Labute approximate surface area is 141 Å². The molecule has 0 saturated heterocycles. The van der Waals surface area contributed by atoms with Gasteiger partial charge in [0, 0.05) is 12.1 Å². The highest BCUT2D eigenvalue weighted by Gasteiger charge is 2.10. The molecule has 0 aliphatic rings. The standard InChI is InChI=1S/C14H19Cl2NOS.ClH/c1-10(7-17(2)3)8-19-9-14(18)11-4-5-12(15)13(16)6-11;/h4-6,10H,7-9H2,1-3H3;1H. The van der Waals surface area contributed by atoms with Crippen LogP contribution in [0.15, 0.2) is 18.2 Å². The number of thioether (sulfide) groups is 1. The zero-order chi connectivity index (χ0) is 14.4. The fourth-order valence-electron chi connectivity index (χ4n) is 1.78. The van der Waals surface area contributed by atoms with Crippen LogP contribution in [0.25, 0.3) is 0 Å². The van der Waals surface area contributed by atoms with Gasteiger partial charge in [-0.2, -0.15) is 11.8 Å². The molecule has 1 rings (SSSR count). The highest BCUT2D eigenvalue weighted by molar-refractivity contribution is 7.99. The largest absolute Gasteiger partial charge is 0.309 e. The van der Waals surface area contributed by atoms with Crippen LogP contribution in [0.1, 0.15) is 17.3 Å². The lowest BCUT2D eigenvalue weighted by atomic mass is 10.1. The van der Waals surface area contributed by atoms with Gasteiger partial charge in [-0.15, -0.1) is 12.4 Å². The molecule has 0 N–H and O–H groups in total.